The lowest BCUT2D eigenvalue weighted by atomic mass is 10.2. The molecular weight excluding hydrogens is 310 g/mol. The molecule has 0 aliphatic rings. The zero-order chi connectivity index (χ0) is 16.6. The largest absolute Gasteiger partial charge is 0.310 e. The third-order valence-corrected chi connectivity index (χ3v) is 6.18. The average molecular weight is 342 g/mol. The molecule has 3 nitrogen and oxygen atoms in total. The number of hydrogen-bond donors (Lipinski definition) is 2. The average Bonchev–Trinajstić information content (AvgIpc) is 2.47. The van der Waals surface area contributed by atoms with Gasteiger partial charge >= 0.3 is 0 Å². The van der Waals surface area contributed by atoms with Crippen LogP contribution in [0.1, 0.15) is 39.1 Å². The number of thioether (sulfide) groups is 2. The quantitative estimate of drug-likeness (QED) is 0.681. The van der Waals surface area contributed by atoms with Crippen LogP contribution in [0.25, 0.3) is 0 Å². The second kappa shape index (κ2) is 9.16. The Morgan fingerprint density at radius 3 is 1.64 bits per heavy atom. The summed E-state index contributed by atoms with van der Waals surface area (Å²) in [7, 11) is 0. The van der Waals surface area contributed by atoms with E-state index in [1.165, 1.54) is 0 Å². The molecule has 0 atom stereocenters. The van der Waals surface area contributed by atoms with Crippen molar-refractivity contribution in [2.45, 2.75) is 50.3 Å². The van der Waals surface area contributed by atoms with Crippen molar-refractivity contribution in [3.63, 3.8) is 0 Å². The van der Waals surface area contributed by atoms with E-state index < -0.39 is 0 Å². The van der Waals surface area contributed by atoms with Gasteiger partial charge in [0.25, 0.3) is 0 Å². The van der Waals surface area contributed by atoms with E-state index in [-0.39, 0.29) is 9.49 Å². The third kappa shape index (κ3) is 7.86. The minimum atomic E-state index is 0.266. The molecule has 0 fully saturated rings. The molecule has 1 aromatic heterocycles. The lowest BCUT2D eigenvalue weighted by Gasteiger charge is -2.22. The van der Waals surface area contributed by atoms with Crippen molar-refractivity contribution >= 4 is 23.5 Å². The maximum absolute atomic E-state index is 4.72. The van der Waals surface area contributed by atoms with Crippen LogP contribution in [0.4, 0.5) is 0 Å². The third-order valence-electron chi connectivity index (χ3n) is 3.68. The smallest absolute Gasteiger partial charge is 0.0545 e. The van der Waals surface area contributed by atoms with Crippen LogP contribution in [0.3, 0.4) is 0 Å². The summed E-state index contributed by atoms with van der Waals surface area (Å²) < 4.78 is 0.533. The van der Waals surface area contributed by atoms with Crippen LogP contribution >= 0.6 is 23.5 Å². The van der Waals surface area contributed by atoms with E-state index in [9.17, 15) is 0 Å². The van der Waals surface area contributed by atoms with Crippen molar-refractivity contribution in [1.29, 1.82) is 0 Å². The summed E-state index contributed by atoms with van der Waals surface area (Å²) in [4.78, 5) is 4.72. The molecule has 0 bridgehead atoms. The van der Waals surface area contributed by atoms with Crippen LogP contribution in [0, 0.1) is 0 Å². The monoisotopic (exact) mass is 341 g/mol. The lowest BCUT2D eigenvalue weighted by molar-refractivity contribution is 0.574. The van der Waals surface area contributed by atoms with Crippen LogP contribution in [0.5, 0.6) is 0 Å². The molecule has 0 spiro atoms. The molecular formula is C17H31N3S2. The molecule has 126 valence electrons. The Balaban J connectivity index is 2.42. The first-order chi connectivity index (χ1) is 10.3. The topological polar surface area (TPSA) is 37.0 Å². The number of hydrogen-bond acceptors (Lipinski definition) is 5. The highest BCUT2D eigenvalue weighted by Crippen LogP contribution is 2.20. The standard InChI is InChI=1S/C17H31N3S2/c1-16(2,21-5)12-18-10-14-8-7-9-15(20-14)11-19-13-17(3,4)22-6/h7-9,18-19H,10-13H2,1-6H3. The van der Waals surface area contributed by atoms with Gasteiger partial charge in [-0.3, -0.25) is 4.98 Å². The second-order valence-corrected chi connectivity index (χ2v) is 9.78. The first-order valence-corrected chi connectivity index (χ1v) is 10.2. The van der Waals surface area contributed by atoms with Crippen LogP contribution in [0.15, 0.2) is 18.2 Å². The van der Waals surface area contributed by atoms with E-state index in [1.807, 2.05) is 23.5 Å². The summed E-state index contributed by atoms with van der Waals surface area (Å²) in [6.07, 6.45) is 4.31. The number of nitrogens with zero attached hydrogens (tertiary/aromatic N) is 1. The fraction of sp³-hybridized carbons (Fsp3) is 0.706. The highest BCUT2D eigenvalue weighted by molar-refractivity contribution is 8.00. The van der Waals surface area contributed by atoms with Gasteiger partial charge in [0.05, 0.1) is 11.4 Å². The molecule has 22 heavy (non-hydrogen) atoms. The van der Waals surface area contributed by atoms with Gasteiger partial charge in [0.2, 0.25) is 0 Å². The maximum atomic E-state index is 4.72. The molecule has 0 aliphatic carbocycles. The Morgan fingerprint density at radius 2 is 1.27 bits per heavy atom. The number of aromatic nitrogens is 1. The number of pyridine rings is 1. The highest BCUT2D eigenvalue weighted by Gasteiger charge is 2.16. The summed E-state index contributed by atoms with van der Waals surface area (Å²) in [5.74, 6) is 0. The van der Waals surface area contributed by atoms with Crippen LogP contribution in [0.2, 0.25) is 0 Å². The molecule has 0 saturated carbocycles. The molecule has 5 heteroatoms. The minimum absolute atomic E-state index is 0.266. The first-order valence-electron chi connectivity index (χ1n) is 7.74. The minimum Gasteiger partial charge on any atom is -0.310 e. The van der Waals surface area contributed by atoms with Gasteiger partial charge in [-0.25, -0.2) is 0 Å². The molecule has 2 N–H and O–H groups in total. The number of nitrogens with one attached hydrogen (secondary N) is 2. The Kier molecular flexibility index (Phi) is 8.25. The molecule has 0 aromatic carbocycles. The molecule has 1 heterocycles. The van der Waals surface area contributed by atoms with Crippen LogP contribution in [-0.4, -0.2) is 40.1 Å². The van der Waals surface area contributed by atoms with E-state index in [0.717, 1.165) is 37.6 Å². The molecule has 0 aliphatic heterocycles. The lowest BCUT2D eigenvalue weighted by Crippen LogP contribution is -2.32. The van der Waals surface area contributed by atoms with Crippen molar-refractivity contribution in [3.05, 3.63) is 29.6 Å². The van der Waals surface area contributed by atoms with Gasteiger partial charge in [-0.15, -0.1) is 0 Å². The van der Waals surface area contributed by atoms with Crippen molar-refractivity contribution in [2.24, 2.45) is 0 Å². The molecule has 0 radical (unpaired) electrons. The zero-order valence-corrected chi connectivity index (χ0v) is 16.5. The first kappa shape index (κ1) is 19.8. The van der Waals surface area contributed by atoms with Gasteiger partial charge < -0.3 is 10.6 Å². The predicted octanol–water partition coefficient (Wildman–Crippen LogP) is 3.54. The van der Waals surface area contributed by atoms with Gasteiger partial charge in [-0.05, 0) is 52.3 Å². The summed E-state index contributed by atoms with van der Waals surface area (Å²) in [6.45, 7) is 12.7. The van der Waals surface area contributed by atoms with Gasteiger partial charge in [-0.1, -0.05) is 6.07 Å². The molecule has 1 aromatic rings. The Morgan fingerprint density at radius 1 is 0.864 bits per heavy atom. The second-order valence-electron chi connectivity index (χ2n) is 6.76. The van der Waals surface area contributed by atoms with E-state index in [4.69, 9.17) is 4.98 Å². The van der Waals surface area contributed by atoms with E-state index in [0.29, 0.717) is 0 Å². The summed E-state index contributed by atoms with van der Waals surface area (Å²) in [5, 5.41) is 7.01. The normalized spacial score (nSPS) is 12.6. The van der Waals surface area contributed by atoms with Crippen molar-refractivity contribution in [1.82, 2.24) is 15.6 Å². The summed E-state index contributed by atoms with van der Waals surface area (Å²) >= 11 is 3.77. The highest BCUT2D eigenvalue weighted by atomic mass is 32.2. The van der Waals surface area contributed by atoms with Crippen molar-refractivity contribution < 1.29 is 0 Å². The van der Waals surface area contributed by atoms with Gasteiger partial charge in [0.15, 0.2) is 0 Å². The van der Waals surface area contributed by atoms with Gasteiger partial charge in [-0.2, -0.15) is 23.5 Å². The molecule has 0 unspecified atom stereocenters. The SMILES string of the molecule is CSC(C)(C)CNCc1cccc(CNCC(C)(C)SC)n1. The van der Waals surface area contributed by atoms with Crippen LogP contribution in [-0.2, 0) is 13.1 Å². The van der Waals surface area contributed by atoms with Gasteiger partial charge in [0, 0.05) is 35.7 Å². The van der Waals surface area contributed by atoms with E-state index in [2.05, 4.69) is 69.0 Å². The Labute approximate surface area is 144 Å². The maximum Gasteiger partial charge on any atom is 0.0545 e. The Bertz CT molecular complexity index is 410. The molecule has 0 amide bonds. The Hall–Kier alpha value is -0.230. The number of rotatable bonds is 10. The predicted molar refractivity (Wildman–Crippen MR) is 103 cm³/mol. The summed E-state index contributed by atoms with van der Waals surface area (Å²) in [5.41, 5.74) is 2.22. The van der Waals surface area contributed by atoms with E-state index in [1.54, 1.807) is 0 Å². The summed E-state index contributed by atoms with van der Waals surface area (Å²) in [6, 6.07) is 6.28. The van der Waals surface area contributed by atoms with Crippen molar-refractivity contribution in [3.8, 4) is 0 Å². The fourth-order valence-corrected chi connectivity index (χ4v) is 2.35. The van der Waals surface area contributed by atoms with Crippen LogP contribution < -0.4 is 10.6 Å². The fourth-order valence-electron chi connectivity index (χ4n) is 1.85. The molecule has 0 saturated heterocycles. The van der Waals surface area contributed by atoms with E-state index >= 15 is 0 Å². The molecule has 1 rings (SSSR count). The zero-order valence-electron chi connectivity index (χ0n) is 14.8. The van der Waals surface area contributed by atoms with Crippen molar-refractivity contribution in [2.75, 3.05) is 25.6 Å². The van der Waals surface area contributed by atoms with Gasteiger partial charge in [0.1, 0.15) is 0 Å².